The zero-order chi connectivity index (χ0) is 7.84. The van der Waals surface area contributed by atoms with E-state index in [9.17, 15) is 0 Å². The van der Waals surface area contributed by atoms with Gasteiger partial charge in [0.05, 0.1) is 5.70 Å². The van der Waals surface area contributed by atoms with Gasteiger partial charge in [0, 0.05) is 18.0 Å². The van der Waals surface area contributed by atoms with E-state index in [2.05, 4.69) is 4.72 Å². The molecule has 0 saturated carbocycles. The average molecular weight is 207 g/mol. The molecule has 2 rings (SSSR count). The van der Waals surface area contributed by atoms with Crippen molar-refractivity contribution in [2.75, 3.05) is 0 Å². The lowest BCUT2D eigenvalue weighted by Crippen LogP contribution is -2.11. The lowest BCUT2D eigenvalue weighted by molar-refractivity contribution is 0.746. The van der Waals surface area contributed by atoms with Crippen molar-refractivity contribution < 1.29 is 0 Å². The van der Waals surface area contributed by atoms with Crippen molar-refractivity contribution in [3.05, 3.63) is 34.1 Å². The Balaban J connectivity index is 2.46. The van der Waals surface area contributed by atoms with Crippen LogP contribution in [0.4, 0.5) is 0 Å². The fraction of sp³-hybridized carbons (Fsp3) is 0. The first-order valence-corrected chi connectivity index (χ1v) is 4.49. The van der Waals surface area contributed by atoms with Crippen LogP contribution >= 0.6 is 35.3 Å². The summed E-state index contributed by atoms with van der Waals surface area (Å²) in [6, 6.07) is 0. The lowest BCUT2D eigenvalue weighted by Gasteiger charge is -2.15. The molecule has 0 radical (unpaired) electrons. The number of rotatable bonds is 0. The highest BCUT2D eigenvalue weighted by Gasteiger charge is 2.23. The van der Waals surface area contributed by atoms with E-state index in [1.54, 1.807) is 6.20 Å². The second-order valence-corrected chi connectivity index (χ2v) is 3.84. The number of nitrogens with zero attached hydrogens (tertiary/aromatic N) is 1. The minimum atomic E-state index is 0.676. The molecule has 2 heterocycles. The highest BCUT2D eigenvalue weighted by molar-refractivity contribution is 8.03. The van der Waals surface area contributed by atoms with Crippen LogP contribution in [-0.4, -0.2) is 4.42 Å². The molecule has 0 saturated heterocycles. The van der Waals surface area contributed by atoms with E-state index in [1.165, 1.54) is 16.4 Å². The maximum atomic E-state index is 5.86. The molecule has 0 unspecified atom stereocenters. The Morgan fingerprint density at radius 3 is 3.09 bits per heavy atom. The molecule has 0 fully saturated rings. The van der Waals surface area contributed by atoms with E-state index in [-0.39, 0.29) is 0 Å². The maximum absolute atomic E-state index is 5.86. The molecule has 11 heavy (non-hydrogen) atoms. The van der Waals surface area contributed by atoms with E-state index in [0.717, 1.165) is 11.4 Å². The van der Waals surface area contributed by atoms with Gasteiger partial charge < -0.3 is 4.72 Å². The normalized spacial score (nSPS) is 21.6. The molecule has 2 nitrogen and oxygen atoms in total. The number of hydrogen-bond donors (Lipinski definition) is 1. The van der Waals surface area contributed by atoms with Crippen LogP contribution in [0.1, 0.15) is 0 Å². The van der Waals surface area contributed by atoms with Crippen LogP contribution in [-0.2, 0) is 0 Å². The SMILES string of the molecule is ClC1=C2C(=CC=CN2Cl)NS1. The van der Waals surface area contributed by atoms with Crippen LogP contribution in [0.3, 0.4) is 0 Å². The smallest absolute Gasteiger partial charge is 0.121 e. The molecule has 0 aromatic carbocycles. The quantitative estimate of drug-likeness (QED) is 0.485. The summed E-state index contributed by atoms with van der Waals surface area (Å²) < 4.78 is 5.19. The van der Waals surface area contributed by atoms with Gasteiger partial charge in [-0.3, -0.25) is 4.42 Å². The summed E-state index contributed by atoms with van der Waals surface area (Å²) in [4.78, 5) is 0. The molecule has 0 aromatic heterocycles. The molecule has 0 amide bonds. The van der Waals surface area contributed by atoms with Crippen LogP contribution < -0.4 is 4.72 Å². The first kappa shape index (κ1) is 7.40. The van der Waals surface area contributed by atoms with Crippen LogP contribution in [0.5, 0.6) is 0 Å². The third kappa shape index (κ3) is 1.13. The van der Waals surface area contributed by atoms with Gasteiger partial charge in [-0.2, -0.15) is 0 Å². The van der Waals surface area contributed by atoms with Gasteiger partial charge in [0.15, 0.2) is 0 Å². The highest BCUT2D eigenvalue weighted by atomic mass is 35.5. The summed E-state index contributed by atoms with van der Waals surface area (Å²) in [6.07, 6.45) is 5.53. The van der Waals surface area contributed by atoms with E-state index in [0.29, 0.717) is 4.36 Å². The number of nitrogens with one attached hydrogen (secondary N) is 1. The Morgan fingerprint density at radius 1 is 1.55 bits per heavy atom. The number of hydrogen-bond acceptors (Lipinski definition) is 3. The van der Waals surface area contributed by atoms with Gasteiger partial charge in [0.25, 0.3) is 0 Å². The molecule has 0 aromatic rings. The summed E-state index contributed by atoms with van der Waals surface area (Å²) in [7, 11) is 0. The Bertz CT molecular complexity index is 282. The molecule has 0 spiro atoms. The van der Waals surface area contributed by atoms with E-state index >= 15 is 0 Å². The lowest BCUT2D eigenvalue weighted by atomic mass is 10.3. The molecule has 0 aliphatic carbocycles. The van der Waals surface area contributed by atoms with Crippen molar-refractivity contribution in [3.63, 3.8) is 0 Å². The van der Waals surface area contributed by atoms with Gasteiger partial charge in [-0.1, -0.05) is 11.6 Å². The van der Waals surface area contributed by atoms with Crippen LogP contribution in [0.15, 0.2) is 34.1 Å². The topological polar surface area (TPSA) is 15.3 Å². The predicted octanol–water partition coefficient (Wildman–Crippen LogP) is 2.51. The van der Waals surface area contributed by atoms with Crippen molar-refractivity contribution in [1.82, 2.24) is 9.14 Å². The summed E-state index contributed by atoms with van der Waals surface area (Å²) >= 11 is 13.0. The van der Waals surface area contributed by atoms with Crippen molar-refractivity contribution >= 4 is 35.3 Å². The molecule has 2 aliphatic rings. The summed E-state index contributed by atoms with van der Waals surface area (Å²) in [6.45, 7) is 0. The van der Waals surface area contributed by atoms with E-state index < -0.39 is 0 Å². The minimum Gasteiger partial charge on any atom is -0.323 e. The fourth-order valence-electron chi connectivity index (χ4n) is 0.904. The first-order chi connectivity index (χ1) is 5.29. The zero-order valence-corrected chi connectivity index (χ0v) is 7.67. The summed E-state index contributed by atoms with van der Waals surface area (Å²) in [5.41, 5.74) is 1.79. The van der Waals surface area contributed by atoms with Gasteiger partial charge in [-0.15, -0.1) is 0 Å². The predicted molar refractivity (Wildman–Crippen MR) is 48.5 cm³/mol. The monoisotopic (exact) mass is 206 g/mol. The largest absolute Gasteiger partial charge is 0.323 e. The van der Waals surface area contributed by atoms with Gasteiger partial charge in [-0.05, 0) is 24.1 Å². The summed E-state index contributed by atoms with van der Waals surface area (Å²) in [5.74, 6) is 0. The zero-order valence-electron chi connectivity index (χ0n) is 5.34. The molecular formula is C6H4Cl2N2S. The summed E-state index contributed by atoms with van der Waals surface area (Å²) in [5, 5.41) is 0. The fourth-order valence-corrected chi connectivity index (χ4v) is 2.22. The molecular weight excluding hydrogens is 203 g/mol. The first-order valence-electron chi connectivity index (χ1n) is 2.95. The Hall–Kier alpha value is -0.250. The number of fused-ring (bicyclic) bond motifs is 1. The standard InChI is InChI=1S/C6H4Cl2N2S/c7-6-5-4(9-11-6)2-1-3-10(5)8/h1-3,9H. The Morgan fingerprint density at radius 2 is 2.36 bits per heavy atom. The third-order valence-electron chi connectivity index (χ3n) is 1.39. The third-order valence-corrected chi connectivity index (χ3v) is 2.77. The van der Waals surface area contributed by atoms with Crippen LogP contribution in [0.2, 0.25) is 0 Å². The Kier molecular flexibility index (Phi) is 1.79. The molecule has 58 valence electrons. The van der Waals surface area contributed by atoms with E-state index in [4.69, 9.17) is 23.4 Å². The van der Waals surface area contributed by atoms with Crippen molar-refractivity contribution in [2.24, 2.45) is 0 Å². The molecule has 2 aliphatic heterocycles. The highest BCUT2D eigenvalue weighted by Crippen LogP contribution is 2.38. The van der Waals surface area contributed by atoms with Crippen molar-refractivity contribution in [2.45, 2.75) is 0 Å². The maximum Gasteiger partial charge on any atom is 0.121 e. The average Bonchev–Trinajstić information content (AvgIpc) is 2.34. The van der Waals surface area contributed by atoms with Gasteiger partial charge in [-0.25, -0.2) is 0 Å². The van der Waals surface area contributed by atoms with Crippen molar-refractivity contribution in [3.8, 4) is 0 Å². The second-order valence-electron chi connectivity index (χ2n) is 2.06. The molecule has 5 heteroatoms. The number of halogens is 2. The number of allylic oxidation sites excluding steroid dienone is 2. The van der Waals surface area contributed by atoms with Gasteiger partial charge in [0.1, 0.15) is 10.1 Å². The van der Waals surface area contributed by atoms with Crippen LogP contribution in [0, 0.1) is 0 Å². The second kappa shape index (κ2) is 2.66. The molecule has 1 N–H and O–H groups in total. The van der Waals surface area contributed by atoms with Gasteiger partial charge >= 0.3 is 0 Å². The van der Waals surface area contributed by atoms with Crippen LogP contribution in [0.25, 0.3) is 0 Å². The molecule has 0 atom stereocenters. The molecule has 0 bridgehead atoms. The van der Waals surface area contributed by atoms with Crippen molar-refractivity contribution in [1.29, 1.82) is 0 Å². The van der Waals surface area contributed by atoms with Gasteiger partial charge in [0.2, 0.25) is 0 Å². The van der Waals surface area contributed by atoms with E-state index in [1.807, 2.05) is 12.2 Å². The Labute approximate surface area is 78.8 Å². The minimum absolute atomic E-state index is 0.676.